The zero-order valence-corrected chi connectivity index (χ0v) is 18.0. The van der Waals surface area contributed by atoms with Crippen LogP contribution in [-0.2, 0) is 9.53 Å². The Morgan fingerprint density at radius 1 is 1.24 bits per heavy atom. The van der Waals surface area contributed by atoms with E-state index in [-0.39, 0.29) is 12.5 Å². The molecule has 0 unspecified atom stereocenters. The number of thioether (sulfide) groups is 1. The molecule has 0 aromatic heterocycles. The van der Waals surface area contributed by atoms with Gasteiger partial charge in [-0.15, -0.1) is 0 Å². The van der Waals surface area contributed by atoms with E-state index >= 15 is 0 Å². The van der Waals surface area contributed by atoms with E-state index in [9.17, 15) is 4.79 Å². The number of carbonyl (C=O) groups is 1. The lowest BCUT2D eigenvalue weighted by molar-refractivity contribution is -0.462. The molecule has 0 spiro atoms. The molecule has 0 saturated heterocycles. The van der Waals surface area contributed by atoms with Crippen LogP contribution in [0.5, 0.6) is 0 Å². The molecule has 0 fully saturated rings. The van der Waals surface area contributed by atoms with Crippen LogP contribution in [0.4, 0.5) is 0 Å². The van der Waals surface area contributed by atoms with Gasteiger partial charge < -0.3 is 4.74 Å². The Bertz CT molecular complexity index is 451. The first-order valence-electron chi connectivity index (χ1n) is 9.36. The number of esters is 1. The van der Waals surface area contributed by atoms with E-state index in [0.29, 0.717) is 6.61 Å². The fourth-order valence-corrected chi connectivity index (χ4v) is 2.55. The van der Waals surface area contributed by atoms with Crippen molar-refractivity contribution in [2.75, 3.05) is 19.4 Å². The SMILES string of the molecule is C=C(CCCCC)[N+](=CSC)CC(=O)OCC(/C=C\C)=C/CC.CC. The van der Waals surface area contributed by atoms with Crippen molar-refractivity contribution < 1.29 is 14.1 Å². The maximum absolute atomic E-state index is 12.1. The molecule has 0 aliphatic carbocycles. The summed E-state index contributed by atoms with van der Waals surface area (Å²) >= 11 is 1.57. The van der Waals surface area contributed by atoms with Gasteiger partial charge in [-0.05, 0) is 38.2 Å². The average molecular weight is 369 g/mol. The molecule has 144 valence electrons. The van der Waals surface area contributed by atoms with Crippen LogP contribution >= 0.6 is 11.8 Å². The number of rotatable bonds is 12. The summed E-state index contributed by atoms with van der Waals surface area (Å²) in [5.74, 6) is -0.224. The second kappa shape index (κ2) is 19.0. The largest absolute Gasteiger partial charge is 0.456 e. The third kappa shape index (κ3) is 14.7. The molecule has 0 amide bonds. The molecule has 0 heterocycles. The van der Waals surface area contributed by atoms with Gasteiger partial charge in [0.25, 0.3) is 0 Å². The lowest BCUT2D eigenvalue weighted by atomic mass is 10.2. The smallest absolute Gasteiger partial charge is 0.373 e. The molecular formula is C21H38NO2S+. The number of ether oxygens (including phenoxy) is 1. The Balaban J connectivity index is 0. The van der Waals surface area contributed by atoms with E-state index in [1.54, 1.807) is 11.8 Å². The van der Waals surface area contributed by atoms with Gasteiger partial charge in [0.1, 0.15) is 6.61 Å². The van der Waals surface area contributed by atoms with Crippen molar-refractivity contribution in [1.82, 2.24) is 0 Å². The summed E-state index contributed by atoms with van der Waals surface area (Å²) in [7, 11) is 0. The summed E-state index contributed by atoms with van der Waals surface area (Å²) in [6, 6.07) is 0. The molecule has 25 heavy (non-hydrogen) atoms. The first-order valence-corrected chi connectivity index (χ1v) is 10.7. The van der Waals surface area contributed by atoms with Crippen molar-refractivity contribution in [3.8, 4) is 0 Å². The predicted molar refractivity (Wildman–Crippen MR) is 113 cm³/mol. The molecule has 4 heteroatoms. The fraction of sp³-hybridized carbons (Fsp3) is 0.619. The maximum Gasteiger partial charge on any atom is 0.373 e. The molecule has 0 aliphatic rings. The molecule has 0 radical (unpaired) electrons. The van der Waals surface area contributed by atoms with Gasteiger partial charge in [-0.3, -0.25) is 0 Å². The molecular weight excluding hydrogens is 330 g/mol. The minimum atomic E-state index is -0.224. The van der Waals surface area contributed by atoms with Crippen molar-refractivity contribution in [3.63, 3.8) is 0 Å². The van der Waals surface area contributed by atoms with Crippen molar-refractivity contribution in [2.45, 2.75) is 66.7 Å². The van der Waals surface area contributed by atoms with Crippen LogP contribution in [-0.4, -0.2) is 35.5 Å². The van der Waals surface area contributed by atoms with E-state index in [1.165, 1.54) is 12.8 Å². The molecule has 0 aliphatic heterocycles. The van der Waals surface area contributed by atoms with Gasteiger partial charge in [0.15, 0.2) is 5.70 Å². The third-order valence-electron chi connectivity index (χ3n) is 3.25. The zero-order chi connectivity index (χ0) is 19.5. The normalized spacial score (nSPS) is 11.9. The van der Waals surface area contributed by atoms with Crippen molar-refractivity contribution >= 4 is 23.3 Å². The summed E-state index contributed by atoms with van der Waals surface area (Å²) in [6.07, 6.45) is 13.3. The second-order valence-corrected chi connectivity index (χ2v) is 6.02. The first-order chi connectivity index (χ1) is 12.1. The molecule has 0 atom stereocenters. The summed E-state index contributed by atoms with van der Waals surface area (Å²) in [6.45, 7) is 14.9. The van der Waals surface area contributed by atoms with Crippen LogP contribution in [0.15, 0.2) is 36.1 Å². The second-order valence-electron chi connectivity index (χ2n) is 5.34. The van der Waals surface area contributed by atoms with Crippen molar-refractivity contribution in [3.05, 3.63) is 36.1 Å². The monoisotopic (exact) mass is 368 g/mol. The highest BCUT2D eigenvalue weighted by Gasteiger charge is 2.17. The minimum absolute atomic E-state index is 0.223. The average Bonchev–Trinajstić information content (AvgIpc) is 2.61. The molecule has 3 nitrogen and oxygen atoms in total. The lowest BCUT2D eigenvalue weighted by Crippen LogP contribution is -2.23. The molecule has 0 rings (SSSR count). The first kappa shape index (κ1) is 25.9. The summed E-state index contributed by atoms with van der Waals surface area (Å²) in [5, 5.41) is 0. The van der Waals surface area contributed by atoms with Crippen LogP contribution in [0.3, 0.4) is 0 Å². The van der Waals surface area contributed by atoms with Crippen molar-refractivity contribution in [2.24, 2.45) is 0 Å². The van der Waals surface area contributed by atoms with Gasteiger partial charge >= 0.3 is 5.97 Å². The highest BCUT2D eigenvalue weighted by molar-refractivity contribution is 8.11. The van der Waals surface area contributed by atoms with Gasteiger partial charge in [0.05, 0.1) is 0 Å². The molecule has 0 aromatic rings. The zero-order valence-electron chi connectivity index (χ0n) is 17.1. The summed E-state index contributed by atoms with van der Waals surface area (Å²) < 4.78 is 7.30. The predicted octanol–water partition coefficient (Wildman–Crippen LogP) is 5.97. The minimum Gasteiger partial charge on any atom is -0.456 e. The third-order valence-corrected chi connectivity index (χ3v) is 3.72. The molecule has 0 bridgehead atoms. The van der Waals surface area contributed by atoms with Gasteiger partial charge in [-0.2, -0.15) is 4.58 Å². The quantitative estimate of drug-likeness (QED) is 0.106. The molecule has 0 N–H and O–H groups in total. The van der Waals surface area contributed by atoms with E-state index < -0.39 is 0 Å². The van der Waals surface area contributed by atoms with Crippen LogP contribution in [0.1, 0.15) is 66.7 Å². The summed E-state index contributed by atoms with van der Waals surface area (Å²) in [4.78, 5) is 12.1. The maximum atomic E-state index is 12.1. The van der Waals surface area contributed by atoms with Gasteiger partial charge in [0, 0.05) is 6.42 Å². The Hall–Kier alpha value is -1.29. The number of nitrogens with zero attached hydrogens (tertiary/aromatic N) is 1. The number of unbranched alkanes of at least 4 members (excludes halogenated alkanes) is 2. The lowest BCUT2D eigenvalue weighted by Gasteiger charge is -2.07. The van der Waals surface area contributed by atoms with Crippen LogP contribution in [0.25, 0.3) is 0 Å². The standard InChI is InChI=1S/C19H32NO2S.C2H6/c1-6-9-10-13-17(4)20(16-23-5)14-19(21)22-15-18(11-7-2)12-8-3;1-2/h7,11-12,16H,4,6,8-10,13-15H2,1-3,5H3;1-2H3/q+1;/b11-7-,18-12+,20-16?;. The van der Waals surface area contributed by atoms with Crippen LogP contribution in [0.2, 0.25) is 0 Å². The number of hydrogen-bond acceptors (Lipinski definition) is 3. The van der Waals surface area contributed by atoms with E-state index in [0.717, 1.165) is 30.5 Å². The number of hydrogen-bond donors (Lipinski definition) is 0. The van der Waals surface area contributed by atoms with E-state index in [4.69, 9.17) is 4.74 Å². The van der Waals surface area contributed by atoms with Gasteiger partial charge in [-0.1, -0.05) is 70.5 Å². The molecule has 0 saturated carbocycles. The topological polar surface area (TPSA) is 29.3 Å². The highest BCUT2D eigenvalue weighted by Crippen LogP contribution is 2.09. The summed E-state index contributed by atoms with van der Waals surface area (Å²) in [5.41, 5.74) is 3.94. The van der Waals surface area contributed by atoms with E-state index in [1.807, 2.05) is 49.3 Å². The Morgan fingerprint density at radius 2 is 1.92 bits per heavy atom. The Labute approximate surface area is 159 Å². The van der Waals surface area contributed by atoms with Crippen molar-refractivity contribution in [1.29, 1.82) is 0 Å². The van der Waals surface area contributed by atoms with Crippen LogP contribution in [0, 0.1) is 0 Å². The highest BCUT2D eigenvalue weighted by atomic mass is 32.2. The Morgan fingerprint density at radius 3 is 2.44 bits per heavy atom. The molecule has 0 aromatic carbocycles. The number of carbonyl (C=O) groups excluding carboxylic acids is 1. The number of allylic oxidation sites excluding steroid dienone is 3. The fourth-order valence-electron chi connectivity index (χ4n) is 2.07. The van der Waals surface area contributed by atoms with Gasteiger partial charge in [-0.25, -0.2) is 4.79 Å². The van der Waals surface area contributed by atoms with E-state index in [2.05, 4.69) is 26.5 Å². The Kier molecular flexibility index (Phi) is 19.8. The van der Waals surface area contributed by atoms with Crippen LogP contribution < -0.4 is 0 Å². The van der Waals surface area contributed by atoms with Gasteiger partial charge in [0.2, 0.25) is 12.1 Å².